The quantitative estimate of drug-likeness (QED) is 0.141. The van der Waals surface area contributed by atoms with Crippen molar-refractivity contribution in [3.8, 4) is 89.5 Å². The first-order valence-corrected chi connectivity index (χ1v) is 37.6. The summed E-state index contributed by atoms with van der Waals surface area (Å²) < 4.78 is 17.5. The van der Waals surface area contributed by atoms with E-state index < -0.39 is 5.89 Å². The van der Waals surface area contributed by atoms with Crippen molar-refractivity contribution in [3.05, 3.63) is 307 Å². The predicted octanol–water partition coefficient (Wildman–Crippen LogP) is 22.0. The van der Waals surface area contributed by atoms with Gasteiger partial charge in [-0.05, 0) is 251 Å². The summed E-state index contributed by atoms with van der Waals surface area (Å²) in [6, 6.07) is 67.4. The summed E-state index contributed by atoms with van der Waals surface area (Å²) in [4.78, 5) is 0. The molecule has 2 fully saturated rings. The van der Waals surface area contributed by atoms with Crippen molar-refractivity contribution in [1.29, 1.82) is 0 Å². The summed E-state index contributed by atoms with van der Waals surface area (Å²) in [6.07, 6.45) is 25.4. The molecule has 0 N–H and O–H groups in total. The lowest BCUT2D eigenvalue weighted by Crippen LogP contribution is -2.32. The molecule has 12 aromatic rings. The Hall–Kier alpha value is -9.64. The van der Waals surface area contributed by atoms with E-state index >= 15 is 0 Å². The first-order chi connectivity index (χ1) is 49.3. The van der Waals surface area contributed by atoms with E-state index in [4.69, 9.17) is 1.37 Å². The van der Waals surface area contributed by atoms with Gasteiger partial charge in [0.25, 0.3) is 0 Å². The smallest absolute Gasteiger partial charge is 0.201 e. The van der Waals surface area contributed by atoms with Crippen molar-refractivity contribution in [2.45, 2.75) is 164 Å². The van der Waals surface area contributed by atoms with E-state index in [9.17, 15) is 0 Å². The second kappa shape index (κ2) is 28.1. The van der Waals surface area contributed by atoms with Crippen LogP contribution in [-0.4, -0.2) is 0 Å². The van der Waals surface area contributed by atoms with Crippen LogP contribution in [0.5, 0.6) is 0 Å². The Morgan fingerprint density at radius 3 is 0.970 bits per heavy atom. The van der Waals surface area contributed by atoms with Gasteiger partial charge in [-0.1, -0.05) is 192 Å². The fourth-order valence-corrected chi connectivity index (χ4v) is 18.4. The van der Waals surface area contributed by atoms with E-state index in [0.29, 0.717) is 0 Å². The fraction of sp³-hybridized carbons (Fsp3) is 0.299. The summed E-state index contributed by atoms with van der Waals surface area (Å²) in [6.45, 7) is 19.6. The molecule has 0 unspecified atom stereocenters. The summed E-state index contributed by atoms with van der Waals surface area (Å²) in [7, 11) is 8.66. The molecule has 101 heavy (non-hydrogen) atoms. The van der Waals surface area contributed by atoms with Crippen LogP contribution in [0.1, 0.15) is 191 Å². The van der Waals surface area contributed by atoms with Crippen LogP contribution in [0.25, 0.3) is 89.5 Å². The number of aryl methyl sites for hydroxylation is 11. The summed E-state index contributed by atoms with van der Waals surface area (Å²) in [5.41, 5.74) is 47.6. The first-order valence-electron chi connectivity index (χ1n) is 38.1. The molecule has 0 atom stereocenters. The van der Waals surface area contributed by atoms with Crippen molar-refractivity contribution < 1.29 is 19.6 Å². The molecule has 0 spiro atoms. The van der Waals surface area contributed by atoms with E-state index in [1.54, 1.807) is 11.1 Å². The molecule has 0 saturated heterocycles. The highest BCUT2D eigenvalue weighted by Gasteiger charge is 2.33. The van der Waals surface area contributed by atoms with Crippen LogP contribution < -0.4 is 18.3 Å². The minimum absolute atomic E-state index is 0.599. The highest BCUT2D eigenvalue weighted by Crippen LogP contribution is 2.48. The van der Waals surface area contributed by atoms with Gasteiger partial charge < -0.3 is 0 Å². The minimum Gasteiger partial charge on any atom is -0.201 e. The topological polar surface area (TPSA) is 15.5 Å². The van der Waals surface area contributed by atoms with Crippen molar-refractivity contribution >= 4 is 0 Å². The second-order valence-electron chi connectivity index (χ2n) is 30.7. The monoisotopic (exact) mass is 1320 g/mol. The lowest BCUT2D eigenvalue weighted by atomic mass is 9.82. The third-order valence-electron chi connectivity index (χ3n) is 23.7. The molecule has 2 saturated carbocycles. The van der Waals surface area contributed by atoms with Crippen molar-refractivity contribution in [2.24, 2.45) is 28.2 Å². The molecule has 8 aromatic carbocycles. The van der Waals surface area contributed by atoms with Crippen LogP contribution in [0.4, 0.5) is 0 Å². The zero-order valence-corrected chi connectivity index (χ0v) is 62.3. The molecule has 6 aliphatic rings. The highest BCUT2D eigenvalue weighted by atomic mass is 14.9. The van der Waals surface area contributed by atoms with Gasteiger partial charge in [-0.25, -0.2) is 18.3 Å². The molecule has 4 aromatic heterocycles. The number of aromatic nitrogens is 4. The Labute approximate surface area is 604 Å². The van der Waals surface area contributed by atoms with Gasteiger partial charge in [0.05, 0.1) is 22.3 Å². The van der Waals surface area contributed by atoms with Crippen LogP contribution in [0.2, 0.25) is 0 Å². The highest BCUT2D eigenvalue weighted by molar-refractivity contribution is 5.89. The number of hydrogen-bond acceptors (Lipinski definition) is 0. The summed E-state index contributed by atoms with van der Waals surface area (Å²) >= 11 is 0. The van der Waals surface area contributed by atoms with E-state index in [-0.39, 0.29) is 0 Å². The predicted molar refractivity (Wildman–Crippen MR) is 419 cm³/mol. The number of rotatable bonds is 7. The molecule has 506 valence electrons. The lowest BCUT2D eigenvalue weighted by Gasteiger charge is -2.23. The molecule has 0 aliphatic heterocycles. The number of fused-ring (bicyclic) bond motifs is 12. The normalized spacial score (nSPS) is 14.5. The Morgan fingerprint density at radius 2 is 0.624 bits per heavy atom. The number of pyridine rings is 4. The SMILES string of the molecule is Cc1c[n+](C)c(-c2c(C)ccc3c2Cc2ccccc2-3)cc1C1CCCC1.Cc1c[n+](C)c(-c2c(C)ccc3c2Cc2ccccc2-3)cc1C1CCCCC1.Cc1cc[n+](C)c(-c2c(C)ccc3c2Cc2ccccc2-3)c1.[2H]C(C)(C)c1cc[n+](C)c(-c2c(C)ccc3c2Cc2ccccc2-3)c1. The number of hydrogen-bond donors (Lipinski definition) is 0. The fourth-order valence-electron chi connectivity index (χ4n) is 18.4. The molecular weight excluding hydrogens is 1220 g/mol. The molecule has 4 heteroatoms. The first kappa shape index (κ1) is 65.9. The molecule has 6 aliphatic carbocycles. The summed E-state index contributed by atoms with van der Waals surface area (Å²) in [5.74, 6) is 0.889. The van der Waals surface area contributed by atoms with Crippen LogP contribution in [-0.2, 0) is 53.9 Å². The zero-order chi connectivity index (χ0) is 70.8. The van der Waals surface area contributed by atoms with Crippen LogP contribution in [0.15, 0.2) is 207 Å². The van der Waals surface area contributed by atoms with E-state index in [0.717, 1.165) is 43.1 Å². The third kappa shape index (κ3) is 12.7. The minimum atomic E-state index is -0.599. The van der Waals surface area contributed by atoms with Crippen molar-refractivity contribution in [3.63, 3.8) is 0 Å². The van der Waals surface area contributed by atoms with Gasteiger partial charge in [0.2, 0.25) is 22.8 Å². The van der Waals surface area contributed by atoms with Crippen LogP contribution in [0, 0.1) is 48.5 Å². The van der Waals surface area contributed by atoms with Gasteiger partial charge in [-0.15, -0.1) is 0 Å². The van der Waals surface area contributed by atoms with Gasteiger partial charge in [-0.2, -0.15) is 0 Å². The number of nitrogens with zero attached hydrogens (tertiary/aromatic N) is 4. The van der Waals surface area contributed by atoms with Gasteiger partial charge in [0.1, 0.15) is 28.2 Å². The Bertz CT molecular complexity index is 5280. The maximum Gasteiger partial charge on any atom is 0.213 e. The van der Waals surface area contributed by atoms with E-state index in [1.165, 1.54) is 231 Å². The molecule has 18 rings (SSSR count). The Balaban J connectivity index is 0.000000110. The van der Waals surface area contributed by atoms with Gasteiger partial charge >= 0.3 is 0 Å². The second-order valence-corrected chi connectivity index (χ2v) is 30.7. The Morgan fingerprint density at radius 1 is 0.317 bits per heavy atom. The largest absolute Gasteiger partial charge is 0.213 e. The van der Waals surface area contributed by atoms with Crippen LogP contribution >= 0.6 is 0 Å². The number of benzene rings is 8. The lowest BCUT2D eigenvalue weighted by molar-refractivity contribution is -0.661. The van der Waals surface area contributed by atoms with Crippen molar-refractivity contribution in [1.82, 2.24) is 0 Å². The van der Waals surface area contributed by atoms with Gasteiger partial charge in [-0.3, -0.25) is 0 Å². The van der Waals surface area contributed by atoms with Gasteiger partial charge in [0.15, 0.2) is 24.8 Å². The molecular formula is C97H102N4+4. The average molecular weight is 1320 g/mol. The van der Waals surface area contributed by atoms with Crippen LogP contribution in [0.3, 0.4) is 0 Å². The van der Waals surface area contributed by atoms with E-state index in [2.05, 4.69) is 302 Å². The maximum absolute atomic E-state index is 8.41. The molecule has 4 nitrogen and oxygen atoms in total. The molecule has 0 amide bonds. The molecule has 0 bridgehead atoms. The van der Waals surface area contributed by atoms with Gasteiger partial charge in [0, 0.05) is 48.9 Å². The van der Waals surface area contributed by atoms with E-state index in [1.807, 2.05) is 13.8 Å². The average Bonchev–Trinajstić information content (AvgIpc) is 1.58. The third-order valence-corrected chi connectivity index (χ3v) is 23.7. The Kier molecular flexibility index (Phi) is 18.3. The molecule has 4 heterocycles. The summed E-state index contributed by atoms with van der Waals surface area (Å²) in [5, 5.41) is 0. The maximum atomic E-state index is 8.41. The van der Waals surface area contributed by atoms with Crippen molar-refractivity contribution in [2.75, 3.05) is 0 Å². The zero-order valence-electron chi connectivity index (χ0n) is 63.3. The standard InChI is InChI=1S/C27H30N.C26H28N.C23H24N.C21H20N/c1-18-13-14-23-22-12-8-7-11-21(22)15-25(23)27(18)26-16-24(19(2)17-28(26)3)20-9-5-4-6-10-20;1-17-12-13-22-21-11-7-6-10-20(21)14-24(22)26(17)25-15-23(18(2)16-27(25)3)19-8-4-5-9-19;1-15(2)17-11-12-24(4)22(14-17)23-16(3)9-10-20-19-8-6-5-7-18(19)13-21(20)23;1-14-10-11-22(3)20(12-14)21-15(2)8-9-18-17-7-5-4-6-16(17)13-19(18)21/h7-8,11-14,16-17,20H,4-6,9-10,15H2,1-3H3;6-7,10-13,15-16,19H,4-5,8-9,14H2,1-3H3;5-12,14-15H,13H2,1-4H3;4-12H,13H2,1-3H3/q4*+1/i;;15D;. The molecule has 0 radical (unpaired) electrons.